The van der Waals surface area contributed by atoms with Crippen molar-refractivity contribution in [1.82, 2.24) is 4.90 Å². The van der Waals surface area contributed by atoms with Crippen LogP contribution in [0.2, 0.25) is 0 Å². The van der Waals surface area contributed by atoms with Crippen molar-refractivity contribution in [2.45, 2.75) is 31.8 Å². The molecule has 1 aromatic carbocycles. The van der Waals surface area contributed by atoms with Crippen molar-refractivity contribution >= 4 is 5.91 Å². The number of hydrogen-bond donors (Lipinski definition) is 1. The number of nitrogens with two attached hydrogens (primary N) is 1. The van der Waals surface area contributed by atoms with Gasteiger partial charge in [0.1, 0.15) is 6.04 Å². The number of amides is 1. The highest BCUT2D eigenvalue weighted by Gasteiger charge is 2.32. The summed E-state index contributed by atoms with van der Waals surface area (Å²) in [6, 6.07) is 7.95. The Labute approximate surface area is 114 Å². The summed E-state index contributed by atoms with van der Waals surface area (Å²) in [6.45, 7) is 3.13. The van der Waals surface area contributed by atoms with E-state index < -0.39 is 6.04 Å². The van der Waals surface area contributed by atoms with Gasteiger partial charge in [-0.15, -0.1) is 0 Å². The fourth-order valence-corrected chi connectivity index (χ4v) is 2.72. The lowest BCUT2D eigenvalue weighted by Gasteiger charge is -2.27. The minimum atomic E-state index is -0.560. The molecule has 2 unspecified atom stereocenters. The molecule has 1 amide bonds. The van der Waals surface area contributed by atoms with Crippen LogP contribution in [0, 0.1) is 6.92 Å². The molecule has 0 radical (unpaired) electrons. The second kappa shape index (κ2) is 6.17. The number of carbonyl (C=O) groups is 1. The van der Waals surface area contributed by atoms with Crippen LogP contribution in [-0.4, -0.2) is 37.1 Å². The molecule has 104 valence electrons. The molecule has 19 heavy (non-hydrogen) atoms. The maximum Gasteiger partial charge on any atom is 0.242 e. The number of likely N-dealkylation sites (tertiary alicyclic amines) is 1. The summed E-state index contributed by atoms with van der Waals surface area (Å²) >= 11 is 0. The van der Waals surface area contributed by atoms with Crippen molar-refractivity contribution in [1.29, 1.82) is 0 Å². The largest absolute Gasteiger partial charge is 0.383 e. The number of carbonyl (C=O) groups excluding carboxylic acids is 1. The van der Waals surface area contributed by atoms with Crippen LogP contribution < -0.4 is 5.73 Å². The monoisotopic (exact) mass is 262 g/mol. The lowest BCUT2D eigenvalue weighted by Crippen LogP contribution is -2.45. The smallest absolute Gasteiger partial charge is 0.242 e. The van der Waals surface area contributed by atoms with Gasteiger partial charge in [-0.3, -0.25) is 4.79 Å². The second-order valence-electron chi connectivity index (χ2n) is 5.17. The first-order chi connectivity index (χ1) is 9.13. The molecular weight excluding hydrogens is 240 g/mol. The third-order valence-corrected chi connectivity index (χ3v) is 3.63. The standard InChI is InChI=1S/C15H22N2O2/c1-11-5-3-6-12(9-11)14-7-4-8-17(14)15(18)13(16)10-19-2/h3,5-6,9,13-14H,4,7-8,10,16H2,1-2H3. The number of hydrogen-bond acceptors (Lipinski definition) is 3. The predicted molar refractivity (Wildman–Crippen MR) is 74.7 cm³/mol. The van der Waals surface area contributed by atoms with Crippen LogP contribution in [0.25, 0.3) is 0 Å². The maximum atomic E-state index is 12.3. The molecule has 0 aromatic heterocycles. The van der Waals surface area contributed by atoms with Gasteiger partial charge in [0.25, 0.3) is 0 Å². The van der Waals surface area contributed by atoms with Gasteiger partial charge in [-0.05, 0) is 25.3 Å². The molecule has 2 rings (SSSR count). The SMILES string of the molecule is COCC(N)C(=O)N1CCCC1c1cccc(C)c1. The van der Waals surface area contributed by atoms with E-state index in [9.17, 15) is 4.79 Å². The molecule has 0 aliphatic carbocycles. The van der Waals surface area contributed by atoms with Crippen LogP contribution >= 0.6 is 0 Å². The van der Waals surface area contributed by atoms with Gasteiger partial charge in [0, 0.05) is 13.7 Å². The summed E-state index contributed by atoms with van der Waals surface area (Å²) in [6.07, 6.45) is 2.04. The van der Waals surface area contributed by atoms with Crippen LogP contribution in [0.3, 0.4) is 0 Å². The zero-order valence-corrected chi connectivity index (χ0v) is 11.6. The summed E-state index contributed by atoms with van der Waals surface area (Å²) in [5.41, 5.74) is 8.29. The Morgan fingerprint density at radius 2 is 2.37 bits per heavy atom. The summed E-state index contributed by atoms with van der Waals surface area (Å²) in [7, 11) is 1.56. The Hall–Kier alpha value is -1.39. The molecule has 0 bridgehead atoms. The minimum Gasteiger partial charge on any atom is -0.383 e. The highest BCUT2D eigenvalue weighted by atomic mass is 16.5. The average Bonchev–Trinajstić information content (AvgIpc) is 2.87. The van der Waals surface area contributed by atoms with Gasteiger partial charge in [0.2, 0.25) is 5.91 Å². The fraction of sp³-hybridized carbons (Fsp3) is 0.533. The number of benzene rings is 1. The van der Waals surface area contributed by atoms with Gasteiger partial charge < -0.3 is 15.4 Å². The van der Waals surface area contributed by atoms with Gasteiger partial charge in [-0.25, -0.2) is 0 Å². The van der Waals surface area contributed by atoms with Gasteiger partial charge in [-0.1, -0.05) is 29.8 Å². The van der Waals surface area contributed by atoms with Crippen LogP contribution in [0.1, 0.15) is 30.0 Å². The lowest BCUT2D eigenvalue weighted by atomic mass is 10.0. The lowest BCUT2D eigenvalue weighted by molar-refractivity contribution is -0.134. The minimum absolute atomic E-state index is 0.00847. The summed E-state index contributed by atoms with van der Waals surface area (Å²) in [5.74, 6) is -0.00847. The normalized spacial score (nSPS) is 20.6. The Bertz CT molecular complexity index is 448. The summed E-state index contributed by atoms with van der Waals surface area (Å²) in [4.78, 5) is 14.2. The van der Waals surface area contributed by atoms with Gasteiger partial charge in [0.15, 0.2) is 0 Å². The van der Waals surface area contributed by atoms with Crippen molar-refractivity contribution in [2.75, 3.05) is 20.3 Å². The van der Waals surface area contributed by atoms with E-state index in [1.807, 2.05) is 11.0 Å². The molecular formula is C15H22N2O2. The van der Waals surface area contributed by atoms with E-state index >= 15 is 0 Å². The molecule has 2 atom stereocenters. The number of nitrogens with zero attached hydrogens (tertiary/aromatic N) is 1. The van der Waals surface area contributed by atoms with Crippen molar-refractivity contribution in [2.24, 2.45) is 5.73 Å². The summed E-state index contributed by atoms with van der Waals surface area (Å²) < 4.78 is 4.97. The molecule has 1 saturated heterocycles. The molecule has 1 aliphatic rings. The van der Waals surface area contributed by atoms with Crippen molar-refractivity contribution in [3.8, 4) is 0 Å². The Balaban J connectivity index is 2.15. The molecule has 2 N–H and O–H groups in total. The van der Waals surface area contributed by atoms with Gasteiger partial charge >= 0.3 is 0 Å². The Kier molecular flexibility index (Phi) is 4.56. The Morgan fingerprint density at radius 1 is 1.58 bits per heavy atom. The quantitative estimate of drug-likeness (QED) is 0.897. The zero-order valence-electron chi connectivity index (χ0n) is 11.6. The van der Waals surface area contributed by atoms with Crippen LogP contribution in [-0.2, 0) is 9.53 Å². The van der Waals surface area contributed by atoms with Crippen molar-refractivity contribution in [3.05, 3.63) is 35.4 Å². The molecule has 1 heterocycles. The van der Waals surface area contributed by atoms with Crippen LogP contribution in [0.5, 0.6) is 0 Å². The van der Waals surface area contributed by atoms with Crippen molar-refractivity contribution < 1.29 is 9.53 Å². The van der Waals surface area contributed by atoms with E-state index in [0.717, 1.165) is 19.4 Å². The van der Waals surface area contributed by atoms with E-state index in [-0.39, 0.29) is 18.6 Å². The van der Waals surface area contributed by atoms with Crippen molar-refractivity contribution in [3.63, 3.8) is 0 Å². The highest BCUT2D eigenvalue weighted by Crippen LogP contribution is 2.32. The first kappa shape index (κ1) is 14.0. The molecule has 1 fully saturated rings. The first-order valence-corrected chi connectivity index (χ1v) is 6.75. The molecule has 1 aliphatic heterocycles. The summed E-state index contributed by atoms with van der Waals surface area (Å²) in [5, 5.41) is 0. The van der Waals surface area contributed by atoms with E-state index in [1.165, 1.54) is 11.1 Å². The fourth-order valence-electron chi connectivity index (χ4n) is 2.72. The molecule has 4 nitrogen and oxygen atoms in total. The van der Waals surface area contributed by atoms with E-state index in [4.69, 9.17) is 10.5 Å². The zero-order chi connectivity index (χ0) is 13.8. The van der Waals surface area contributed by atoms with E-state index in [2.05, 4.69) is 25.1 Å². The highest BCUT2D eigenvalue weighted by molar-refractivity contribution is 5.82. The molecule has 0 saturated carbocycles. The number of methoxy groups -OCH3 is 1. The number of rotatable bonds is 4. The van der Waals surface area contributed by atoms with Crippen LogP contribution in [0.15, 0.2) is 24.3 Å². The number of ether oxygens (including phenoxy) is 1. The maximum absolute atomic E-state index is 12.3. The van der Waals surface area contributed by atoms with Crippen LogP contribution in [0.4, 0.5) is 0 Å². The van der Waals surface area contributed by atoms with E-state index in [0.29, 0.717) is 0 Å². The second-order valence-corrected chi connectivity index (χ2v) is 5.17. The topological polar surface area (TPSA) is 55.6 Å². The van der Waals surface area contributed by atoms with E-state index in [1.54, 1.807) is 7.11 Å². The number of aryl methyl sites for hydroxylation is 1. The first-order valence-electron chi connectivity index (χ1n) is 6.75. The predicted octanol–water partition coefficient (Wildman–Crippen LogP) is 1.63. The molecule has 0 spiro atoms. The third-order valence-electron chi connectivity index (χ3n) is 3.63. The van der Waals surface area contributed by atoms with Gasteiger partial charge in [-0.2, -0.15) is 0 Å². The average molecular weight is 262 g/mol. The Morgan fingerprint density at radius 3 is 3.05 bits per heavy atom. The molecule has 4 heteroatoms. The van der Waals surface area contributed by atoms with Gasteiger partial charge in [0.05, 0.1) is 12.6 Å². The molecule has 1 aromatic rings. The third kappa shape index (κ3) is 3.14.